The van der Waals surface area contributed by atoms with Crippen LogP contribution in [-0.2, 0) is 23.2 Å². The molecule has 0 aliphatic rings. The second-order valence-corrected chi connectivity index (χ2v) is 8.04. The van der Waals surface area contributed by atoms with Crippen LogP contribution in [0.2, 0.25) is 0 Å². The highest BCUT2D eigenvalue weighted by molar-refractivity contribution is 5.89. The summed E-state index contributed by atoms with van der Waals surface area (Å²) in [5.41, 5.74) is 3.61. The van der Waals surface area contributed by atoms with Crippen molar-refractivity contribution >= 4 is 11.7 Å². The summed E-state index contributed by atoms with van der Waals surface area (Å²) in [4.78, 5) is 16.6. The molecule has 3 aromatic rings. The number of benzene rings is 1. The van der Waals surface area contributed by atoms with E-state index in [-0.39, 0.29) is 11.3 Å². The van der Waals surface area contributed by atoms with Gasteiger partial charge in [0.2, 0.25) is 5.91 Å². The van der Waals surface area contributed by atoms with E-state index in [2.05, 4.69) is 60.4 Å². The number of hydrogen-bond donors (Lipinski definition) is 1. The van der Waals surface area contributed by atoms with Gasteiger partial charge in [-0.05, 0) is 41.5 Å². The largest absolute Gasteiger partial charge is 0.311 e. The SMILES string of the molecule is CC(C)(C)c1ccc(Cn2nccc2NC(=O)CCCc2ccccn2)cc1. The van der Waals surface area contributed by atoms with Crippen LogP contribution in [0.4, 0.5) is 5.82 Å². The minimum absolute atomic E-state index is 0.000705. The Bertz CT molecular complexity index is 892. The van der Waals surface area contributed by atoms with Crippen molar-refractivity contribution in [3.8, 4) is 0 Å². The van der Waals surface area contributed by atoms with Crippen molar-refractivity contribution in [2.75, 3.05) is 5.32 Å². The van der Waals surface area contributed by atoms with Crippen LogP contribution in [-0.4, -0.2) is 20.7 Å². The highest BCUT2D eigenvalue weighted by Crippen LogP contribution is 2.22. The maximum absolute atomic E-state index is 12.3. The third kappa shape index (κ3) is 5.52. The number of rotatable bonds is 7. The molecule has 28 heavy (non-hydrogen) atoms. The van der Waals surface area contributed by atoms with E-state index >= 15 is 0 Å². The molecule has 0 saturated carbocycles. The van der Waals surface area contributed by atoms with E-state index in [0.29, 0.717) is 13.0 Å². The highest BCUT2D eigenvalue weighted by Gasteiger charge is 2.13. The molecule has 0 spiro atoms. The molecule has 0 saturated heterocycles. The third-order valence-electron chi connectivity index (χ3n) is 4.70. The van der Waals surface area contributed by atoms with Crippen molar-refractivity contribution in [1.82, 2.24) is 14.8 Å². The van der Waals surface area contributed by atoms with Gasteiger partial charge in [-0.1, -0.05) is 51.1 Å². The van der Waals surface area contributed by atoms with Crippen LogP contribution < -0.4 is 5.32 Å². The van der Waals surface area contributed by atoms with Crippen LogP contribution in [0.15, 0.2) is 60.9 Å². The fraction of sp³-hybridized carbons (Fsp3) is 0.348. The van der Waals surface area contributed by atoms with E-state index in [9.17, 15) is 4.79 Å². The lowest BCUT2D eigenvalue weighted by molar-refractivity contribution is -0.116. The zero-order chi connectivity index (χ0) is 20.0. The highest BCUT2D eigenvalue weighted by atomic mass is 16.1. The van der Waals surface area contributed by atoms with Crippen LogP contribution >= 0.6 is 0 Å². The second-order valence-electron chi connectivity index (χ2n) is 8.04. The van der Waals surface area contributed by atoms with E-state index in [4.69, 9.17) is 0 Å². The van der Waals surface area contributed by atoms with Gasteiger partial charge >= 0.3 is 0 Å². The summed E-state index contributed by atoms with van der Waals surface area (Å²) < 4.78 is 1.82. The molecule has 1 amide bonds. The van der Waals surface area contributed by atoms with Crippen molar-refractivity contribution < 1.29 is 4.79 Å². The zero-order valence-electron chi connectivity index (χ0n) is 16.9. The number of nitrogens with one attached hydrogen (secondary N) is 1. The average Bonchev–Trinajstić information content (AvgIpc) is 3.09. The van der Waals surface area contributed by atoms with Crippen LogP contribution in [0, 0.1) is 0 Å². The van der Waals surface area contributed by atoms with Gasteiger partial charge in [-0.25, -0.2) is 4.68 Å². The molecule has 1 aromatic carbocycles. The molecule has 0 atom stereocenters. The number of aromatic nitrogens is 3. The summed E-state index contributed by atoms with van der Waals surface area (Å²) in [5.74, 6) is 0.725. The molecule has 5 heteroatoms. The first-order valence-corrected chi connectivity index (χ1v) is 9.73. The van der Waals surface area contributed by atoms with Crippen molar-refractivity contribution in [2.45, 2.75) is 52.0 Å². The number of carbonyl (C=O) groups excluding carboxylic acids is 1. The van der Waals surface area contributed by atoms with Crippen LogP contribution in [0.5, 0.6) is 0 Å². The first-order chi connectivity index (χ1) is 13.4. The fourth-order valence-corrected chi connectivity index (χ4v) is 3.03. The molecule has 0 fully saturated rings. The van der Waals surface area contributed by atoms with E-state index < -0.39 is 0 Å². The van der Waals surface area contributed by atoms with E-state index in [1.807, 2.05) is 28.9 Å². The third-order valence-corrected chi connectivity index (χ3v) is 4.70. The fourth-order valence-electron chi connectivity index (χ4n) is 3.03. The molecule has 146 valence electrons. The first-order valence-electron chi connectivity index (χ1n) is 9.73. The minimum Gasteiger partial charge on any atom is -0.311 e. The number of hydrogen-bond acceptors (Lipinski definition) is 3. The van der Waals surface area contributed by atoms with Gasteiger partial charge in [-0.3, -0.25) is 9.78 Å². The average molecular weight is 377 g/mol. The lowest BCUT2D eigenvalue weighted by Crippen LogP contribution is -2.16. The number of aryl methyl sites for hydroxylation is 1. The van der Waals surface area contributed by atoms with Crippen LogP contribution in [0.25, 0.3) is 0 Å². The van der Waals surface area contributed by atoms with Crippen molar-refractivity contribution in [3.05, 3.63) is 77.7 Å². The molecule has 0 unspecified atom stereocenters. The summed E-state index contributed by atoms with van der Waals surface area (Å²) in [6.45, 7) is 7.24. The number of nitrogens with zero attached hydrogens (tertiary/aromatic N) is 3. The van der Waals surface area contributed by atoms with Gasteiger partial charge in [0, 0.05) is 24.4 Å². The molecular formula is C23H28N4O. The lowest BCUT2D eigenvalue weighted by atomic mass is 9.87. The molecule has 5 nitrogen and oxygen atoms in total. The summed E-state index contributed by atoms with van der Waals surface area (Å²) in [6.07, 6.45) is 5.52. The maximum Gasteiger partial charge on any atom is 0.225 e. The van der Waals surface area contributed by atoms with Crippen molar-refractivity contribution in [1.29, 1.82) is 0 Å². The quantitative estimate of drug-likeness (QED) is 0.656. The summed E-state index contributed by atoms with van der Waals surface area (Å²) in [5, 5.41) is 7.33. The van der Waals surface area contributed by atoms with Crippen LogP contribution in [0.1, 0.15) is 50.4 Å². The van der Waals surface area contributed by atoms with E-state index in [1.54, 1.807) is 12.4 Å². The minimum atomic E-state index is 0.000705. The molecule has 2 aromatic heterocycles. The van der Waals surface area contributed by atoms with Crippen molar-refractivity contribution in [3.63, 3.8) is 0 Å². The monoisotopic (exact) mass is 376 g/mol. The molecule has 0 bridgehead atoms. The Morgan fingerprint density at radius 2 is 1.82 bits per heavy atom. The molecule has 1 N–H and O–H groups in total. The Hall–Kier alpha value is -2.95. The van der Waals surface area contributed by atoms with Crippen molar-refractivity contribution in [2.24, 2.45) is 0 Å². The molecule has 0 aliphatic carbocycles. The van der Waals surface area contributed by atoms with Gasteiger partial charge in [-0.2, -0.15) is 5.10 Å². The standard InChI is InChI=1S/C23H28N4O/c1-23(2,3)19-12-10-18(11-13-19)17-27-21(14-16-25-27)26-22(28)9-6-8-20-7-4-5-15-24-20/h4-5,7,10-16H,6,8-9,17H2,1-3H3,(H,26,28). The summed E-state index contributed by atoms with van der Waals surface area (Å²) >= 11 is 0. The molecule has 2 heterocycles. The van der Waals surface area contributed by atoms with Crippen LogP contribution in [0.3, 0.4) is 0 Å². The molecular weight excluding hydrogens is 348 g/mol. The van der Waals surface area contributed by atoms with Gasteiger partial charge in [0.1, 0.15) is 5.82 Å². The summed E-state index contributed by atoms with van der Waals surface area (Å²) in [6, 6.07) is 16.3. The Labute approximate surface area is 166 Å². The van der Waals surface area contributed by atoms with Gasteiger partial charge in [-0.15, -0.1) is 0 Å². The second kappa shape index (κ2) is 8.83. The number of anilines is 1. The molecule has 0 aliphatic heterocycles. The Morgan fingerprint density at radius 1 is 1.04 bits per heavy atom. The molecule has 0 radical (unpaired) electrons. The Balaban J connectivity index is 1.54. The summed E-state index contributed by atoms with van der Waals surface area (Å²) in [7, 11) is 0. The van der Waals surface area contributed by atoms with Gasteiger partial charge in [0.15, 0.2) is 0 Å². The Kier molecular flexibility index (Phi) is 6.24. The lowest BCUT2D eigenvalue weighted by Gasteiger charge is -2.19. The maximum atomic E-state index is 12.3. The van der Waals surface area contributed by atoms with Gasteiger partial charge < -0.3 is 5.32 Å². The normalized spacial score (nSPS) is 11.4. The number of amides is 1. The zero-order valence-corrected chi connectivity index (χ0v) is 16.9. The van der Waals surface area contributed by atoms with Gasteiger partial charge in [0.05, 0.1) is 12.7 Å². The van der Waals surface area contributed by atoms with Gasteiger partial charge in [0.25, 0.3) is 0 Å². The number of pyridine rings is 1. The predicted molar refractivity (Wildman–Crippen MR) is 112 cm³/mol. The number of carbonyl (C=O) groups is 1. The van der Waals surface area contributed by atoms with E-state index in [1.165, 1.54) is 5.56 Å². The predicted octanol–water partition coefficient (Wildman–Crippen LogP) is 4.59. The topological polar surface area (TPSA) is 59.8 Å². The first kappa shape index (κ1) is 19.8. The van der Waals surface area contributed by atoms with E-state index in [0.717, 1.165) is 29.9 Å². The Morgan fingerprint density at radius 3 is 2.50 bits per heavy atom. The smallest absolute Gasteiger partial charge is 0.225 e. The molecule has 3 rings (SSSR count).